The summed E-state index contributed by atoms with van der Waals surface area (Å²) in [7, 11) is 1.49. The summed E-state index contributed by atoms with van der Waals surface area (Å²) >= 11 is 6.07. The molecule has 0 aliphatic carbocycles. The standard InChI is InChI=1S/C14H12ClFN2O/c1-8(2)11-12(19-3)13(15)18-14(17-11)9-4-6-10(16)7-5-9/h4-7H,1H2,2-3H3. The molecule has 0 saturated heterocycles. The average molecular weight is 279 g/mol. The number of methoxy groups -OCH3 is 1. The van der Waals surface area contributed by atoms with Crippen molar-refractivity contribution in [3.63, 3.8) is 0 Å². The van der Waals surface area contributed by atoms with E-state index in [0.29, 0.717) is 28.4 Å². The smallest absolute Gasteiger partial charge is 0.182 e. The minimum absolute atomic E-state index is 0.204. The van der Waals surface area contributed by atoms with Crippen molar-refractivity contribution in [1.29, 1.82) is 0 Å². The van der Waals surface area contributed by atoms with E-state index in [1.807, 2.05) is 0 Å². The van der Waals surface area contributed by atoms with Gasteiger partial charge >= 0.3 is 0 Å². The van der Waals surface area contributed by atoms with Gasteiger partial charge in [-0.3, -0.25) is 0 Å². The summed E-state index contributed by atoms with van der Waals surface area (Å²) in [4.78, 5) is 8.51. The number of hydrogen-bond acceptors (Lipinski definition) is 3. The minimum Gasteiger partial charge on any atom is -0.491 e. The van der Waals surface area contributed by atoms with E-state index in [-0.39, 0.29) is 11.0 Å². The van der Waals surface area contributed by atoms with Crippen LogP contribution in [0.15, 0.2) is 30.8 Å². The van der Waals surface area contributed by atoms with Crippen molar-refractivity contribution < 1.29 is 9.13 Å². The van der Waals surface area contributed by atoms with Crippen molar-refractivity contribution in [1.82, 2.24) is 9.97 Å². The summed E-state index contributed by atoms with van der Waals surface area (Å²) in [5.74, 6) is 0.479. The molecule has 98 valence electrons. The Morgan fingerprint density at radius 2 is 1.89 bits per heavy atom. The predicted octanol–water partition coefficient (Wildman–Crippen LogP) is 3.98. The molecule has 2 rings (SSSR count). The SMILES string of the molecule is C=C(C)c1nc(-c2ccc(F)cc2)nc(Cl)c1OC. The second-order valence-electron chi connectivity index (χ2n) is 4.01. The van der Waals surface area contributed by atoms with Gasteiger partial charge in [-0.1, -0.05) is 18.2 Å². The molecule has 0 bridgehead atoms. The lowest BCUT2D eigenvalue weighted by atomic mass is 10.2. The van der Waals surface area contributed by atoms with E-state index in [9.17, 15) is 4.39 Å². The van der Waals surface area contributed by atoms with Crippen LogP contribution >= 0.6 is 11.6 Å². The van der Waals surface area contributed by atoms with Gasteiger partial charge in [-0.2, -0.15) is 0 Å². The Morgan fingerprint density at radius 3 is 2.42 bits per heavy atom. The van der Waals surface area contributed by atoms with Crippen molar-refractivity contribution in [3.05, 3.63) is 47.5 Å². The molecule has 0 unspecified atom stereocenters. The van der Waals surface area contributed by atoms with Gasteiger partial charge in [0.15, 0.2) is 16.7 Å². The summed E-state index contributed by atoms with van der Waals surface area (Å²) < 4.78 is 18.1. The quantitative estimate of drug-likeness (QED) is 0.797. The molecule has 0 spiro atoms. The summed E-state index contributed by atoms with van der Waals surface area (Å²) in [5, 5.41) is 0.204. The lowest BCUT2D eigenvalue weighted by molar-refractivity contribution is 0.409. The van der Waals surface area contributed by atoms with E-state index >= 15 is 0 Å². The molecule has 0 saturated carbocycles. The summed E-state index contributed by atoms with van der Waals surface area (Å²) in [6, 6.07) is 5.87. The zero-order chi connectivity index (χ0) is 14.0. The first-order valence-electron chi connectivity index (χ1n) is 5.56. The molecular weight excluding hydrogens is 267 g/mol. The van der Waals surface area contributed by atoms with Crippen molar-refractivity contribution in [2.24, 2.45) is 0 Å². The molecule has 0 amide bonds. The highest BCUT2D eigenvalue weighted by Gasteiger charge is 2.15. The van der Waals surface area contributed by atoms with Crippen LogP contribution < -0.4 is 4.74 Å². The first-order valence-corrected chi connectivity index (χ1v) is 5.94. The molecule has 3 nitrogen and oxygen atoms in total. The molecule has 0 N–H and O–H groups in total. The van der Waals surface area contributed by atoms with Crippen molar-refractivity contribution in [3.8, 4) is 17.1 Å². The molecule has 1 aromatic heterocycles. The summed E-state index contributed by atoms with van der Waals surface area (Å²) in [5.41, 5.74) is 1.93. The fourth-order valence-electron chi connectivity index (χ4n) is 1.62. The van der Waals surface area contributed by atoms with E-state index in [1.165, 1.54) is 19.2 Å². The van der Waals surface area contributed by atoms with Crippen LogP contribution in [-0.4, -0.2) is 17.1 Å². The highest BCUT2D eigenvalue weighted by Crippen LogP contribution is 2.32. The van der Waals surface area contributed by atoms with Crippen LogP contribution in [0.4, 0.5) is 4.39 Å². The van der Waals surface area contributed by atoms with Gasteiger partial charge in [-0.25, -0.2) is 14.4 Å². The van der Waals surface area contributed by atoms with Gasteiger partial charge in [0.25, 0.3) is 0 Å². The van der Waals surface area contributed by atoms with Crippen LogP contribution in [0, 0.1) is 5.82 Å². The summed E-state index contributed by atoms with van der Waals surface area (Å²) in [6.45, 7) is 5.64. The number of ether oxygens (including phenoxy) is 1. The monoisotopic (exact) mass is 278 g/mol. The number of halogens is 2. The van der Waals surface area contributed by atoms with Gasteiger partial charge in [0.05, 0.1) is 7.11 Å². The topological polar surface area (TPSA) is 35.0 Å². The molecule has 2 aromatic rings. The van der Waals surface area contributed by atoms with Gasteiger partial charge in [0.2, 0.25) is 0 Å². The Labute approximate surface area is 115 Å². The Kier molecular flexibility index (Phi) is 3.81. The lowest BCUT2D eigenvalue weighted by Gasteiger charge is -2.10. The Hall–Kier alpha value is -1.94. The maximum Gasteiger partial charge on any atom is 0.182 e. The third kappa shape index (κ3) is 2.74. The zero-order valence-corrected chi connectivity index (χ0v) is 11.3. The maximum atomic E-state index is 12.9. The van der Waals surface area contributed by atoms with E-state index in [0.717, 1.165) is 0 Å². The first-order chi connectivity index (χ1) is 9.02. The molecule has 1 heterocycles. The predicted molar refractivity (Wildman–Crippen MR) is 73.7 cm³/mol. The summed E-state index contributed by atoms with van der Waals surface area (Å²) in [6.07, 6.45) is 0. The third-order valence-electron chi connectivity index (χ3n) is 2.54. The Bertz CT molecular complexity index is 626. The molecule has 0 radical (unpaired) electrons. The largest absolute Gasteiger partial charge is 0.491 e. The van der Waals surface area contributed by atoms with Crippen molar-refractivity contribution in [2.75, 3.05) is 7.11 Å². The van der Waals surface area contributed by atoms with Crippen molar-refractivity contribution >= 4 is 17.2 Å². The molecule has 0 aliphatic heterocycles. The van der Waals surface area contributed by atoms with Gasteiger partial charge in [0, 0.05) is 5.56 Å². The van der Waals surface area contributed by atoms with Crippen LogP contribution in [0.1, 0.15) is 12.6 Å². The molecule has 5 heteroatoms. The number of allylic oxidation sites excluding steroid dienone is 1. The molecule has 0 atom stereocenters. The molecule has 0 aliphatic rings. The van der Waals surface area contributed by atoms with Crippen LogP contribution in [0.25, 0.3) is 17.0 Å². The fourth-order valence-corrected chi connectivity index (χ4v) is 1.87. The van der Waals surface area contributed by atoms with Crippen molar-refractivity contribution in [2.45, 2.75) is 6.92 Å². The van der Waals surface area contributed by atoms with Gasteiger partial charge in [-0.05, 0) is 36.8 Å². The van der Waals surface area contributed by atoms with Crippen LogP contribution in [0.5, 0.6) is 5.75 Å². The molecular formula is C14H12ClFN2O. The Balaban J connectivity index is 2.59. The van der Waals surface area contributed by atoms with Crippen LogP contribution in [0.3, 0.4) is 0 Å². The third-order valence-corrected chi connectivity index (χ3v) is 2.79. The first kappa shape index (κ1) is 13.5. The normalized spacial score (nSPS) is 10.3. The highest BCUT2D eigenvalue weighted by atomic mass is 35.5. The molecule has 1 aromatic carbocycles. The van der Waals surface area contributed by atoms with Crippen LogP contribution in [0.2, 0.25) is 5.15 Å². The van der Waals surface area contributed by atoms with Gasteiger partial charge in [-0.15, -0.1) is 0 Å². The van der Waals surface area contributed by atoms with E-state index < -0.39 is 0 Å². The Morgan fingerprint density at radius 1 is 1.26 bits per heavy atom. The fraction of sp³-hybridized carbons (Fsp3) is 0.143. The number of hydrogen-bond donors (Lipinski definition) is 0. The average Bonchev–Trinajstić information content (AvgIpc) is 2.38. The maximum absolute atomic E-state index is 12.9. The number of benzene rings is 1. The van der Waals surface area contributed by atoms with Gasteiger partial charge < -0.3 is 4.74 Å². The zero-order valence-electron chi connectivity index (χ0n) is 10.6. The second-order valence-corrected chi connectivity index (χ2v) is 4.37. The number of nitrogens with zero attached hydrogens (tertiary/aromatic N) is 2. The van der Waals surface area contributed by atoms with Crippen LogP contribution in [-0.2, 0) is 0 Å². The van der Waals surface area contributed by atoms with E-state index in [1.54, 1.807) is 19.1 Å². The molecule has 0 fully saturated rings. The van der Waals surface area contributed by atoms with E-state index in [2.05, 4.69) is 16.5 Å². The molecule has 19 heavy (non-hydrogen) atoms. The lowest BCUT2D eigenvalue weighted by Crippen LogP contribution is -2.00. The minimum atomic E-state index is -0.316. The highest BCUT2D eigenvalue weighted by molar-refractivity contribution is 6.31. The second kappa shape index (κ2) is 5.36. The van der Waals surface area contributed by atoms with E-state index in [4.69, 9.17) is 16.3 Å². The number of rotatable bonds is 3. The van der Waals surface area contributed by atoms with Gasteiger partial charge in [0.1, 0.15) is 11.5 Å². The number of aromatic nitrogens is 2.